The SMILES string of the molecule is N[C@@H](c1ccccc1Cl)[C@@H](O)C(=O)O. The number of benzene rings is 1. The number of carbonyl (C=O) groups is 1. The van der Waals surface area contributed by atoms with Gasteiger partial charge in [0.15, 0.2) is 6.10 Å². The summed E-state index contributed by atoms with van der Waals surface area (Å²) in [5.74, 6) is -1.36. The Labute approximate surface area is 85.9 Å². The molecule has 0 bridgehead atoms. The van der Waals surface area contributed by atoms with E-state index in [1.54, 1.807) is 24.3 Å². The fraction of sp³-hybridized carbons (Fsp3) is 0.222. The molecule has 0 radical (unpaired) electrons. The van der Waals surface area contributed by atoms with Gasteiger partial charge in [0.2, 0.25) is 0 Å². The molecule has 4 N–H and O–H groups in total. The van der Waals surface area contributed by atoms with Gasteiger partial charge in [0.1, 0.15) is 0 Å². The third kappa shape index (κ3) is 2.23. The van der Waals surface area contributed by atoms with Crippen LogP contribution in [0.3, 0.4) is 0 Å². The molecule has 0 aliphatic carbocycles. The van der Waals surface area contributed by atoms with Crippen molar-refractivity contribution in [2.75, 3.05) is 0 Å². The summed E-state index contributed by atoms with van der Waals surface area (Å²) in [4.78, 5) is 10.5. The molecule has 0 fully saturated rings. The van der Waals surface area contributed by atoms with E-state index in [-0.39, 0.29) is 0 Å². The first kappa shape index (κ1) is 11.0. The van der Waals surface area contributed by atoms with E-state index in [2.05, 4.69) is 0 Å². The molecule has 1 aromatic carbocycles. The second-order valence-electron chi connectivity index (χ2n) is 2.83. The normalized spacial score (nSPS) is 14.8. The molecule has 0 heterocycles. The van der Waals surface area contributed by atoms with E-state index >= 15 is 0 Å². The molecule has 0 unspecified atom stereocenters. The van der Waals surface area contributed by atoms with Crippen LogP contribution in [-0.4, -0.2) is 22.3 Å². The second kappa shape index (κ2) is 4.41. The molecule has 0 spiro atoms. The van der Waals surface area contributed by atoms with Crippen molar-refractivity contribution in [1.82, 2.24) is 0 Å². The summed E-state index contributed by atoms with van der Waals surface area (Å²) in [6, 6.07) is 5.53. The number of nitrogens with two attached hydrogens (primary N) is 1. The predicted molar refractivity (Wildman–Crippen MR) is 52.0 cm³/mol. The molecule has 0 saturated carbocycles. The van der Waals surface area contributed by atoms with Crippen molar-refractivity contribution in [2.45, 2.75) is 12.1 Å². The highest BCUT2D eigenvalue weighted by atomic mass is 35.5. The van der Waals surface area contributed by atoms with E-state index in [1.807, 2.05) is 0 Å². The third-order valence-electron chi connectivity index (χ3n) is 1.86. The number of rotatable bonds is 3. The zero-order valence-corrected chi connectivity index (χ0v) is 7.98. The molecule has 2 atom stereocenters. The number of aliphatic carboxylic acids is 1. The number of hydrogen-bond donors (Lipinski definition) is 3. The Hall–Kier alpha value is -1.10. The predicted octanol–water partition coefficient (Wildman–Crippen LogP) is 0.785. The molecule has 76 valence electrons. The van der Waals surface area contributed by atoms with Crippen LogP contribution in [0.25, 0.3) is 0 Å². The van der Waals surface area contributed by atoms with Gasteiger partial charge < -0.3 is 15.9 Å². The van der Waals surface area contributed by atoms with Crippen LogP contribution >= 0.6 is 11.6 Å². The average Bonchev–Trinajstić information content (AvgIpc) is 2.16. The highest BCUT2D eigenvalue weighted by Gasteiger charge is 2.24. The lowest BCUT2D eigenvalue weighted by Crippen LogP contribution is -2.33. The number of hydrogen-bond acceptors (Lipinski definition) is 3. The van der Waals surface area contributed by atoms with E-state index in [1.165, 1.54) is 0 Å². The van der Waals surface area contributed by atoms with Crippen molar-refractivity contribution in [2.24, 2.45) is 5.73 Å². The monoisotopic (exact) mass is 215 g/mol. The maximum Gasteiger partial charge on any atom is 0.334 e. The molecular formula is C9H10ClNO3. The topological polar surface area (TPSA) is 83.5 Å². The van der Waals surface area contributed by atoms with Gasteiger partial charge in [0.05, 0.1) is 6.04 Å². The van der Waals surface area contributed by atoms with Gasteiger partial charge in [-0.25, -0.2) is 4.79 Å². The largest absolute Gasteiger partial charge is 0.479 e. The Kier molecular flexibility index (Phi) is 3.46. The fourth-order valence-electron chi connectivity index (χ4n) is 1.07. The molecule has 4 nitrogen and oxygen atoms in total. The zero-order chi connectivity index (χ0) is 10.7. The lowest BCUT2D eigenvalue weighted by atomic mass is 10.0. The second-order valence-corrected chi connectivity index (χ2v) is 3.24. The lowest BCUT2D eigenvalue weighted by molar-refractivity contribution is -0.147. The van der Waals surface area contributed by atoms with E-state index in [9.17, 15) is 9.90 Å². The van der Waals surface area contributed by atoms with Crippen LogP contribution in [0.4, 0.5) is 0 Å². The minimum absolute atomic E-state index is 0.348. The average molecular weight is 216 g/mol. The van der Waals surface area contributed by atoms with E-state index < -0.39 is 18.1 Å². The number of halogens is 1. The summed E-state index contributed by atoms with van der Waals surface area (Å²) >= 11 is 5.78. The Morgan fingerprint density at radius 3 is 2.50 bits per heavy atom. The number of aliphatic hydroxyl groups is 1. The van der Waals surface area contributed by atoms with Gasteiger partial charge >= 0.3 is 5.97 Å². The first-order valence-corrected chi connectivity index (χ1v) is 4.32. The van der Waals surface area contributed by atoms with Crippen molar-refractivity contribution in [3.05, 3.63) is 34.9 Å². The molecule has 0 saturated heterocycles. The van der Waals surface area contributed by atoms with Crippen molar-refractivity contribution in [3.63, 3.8) is 0 Å². The first-order chi connectivity index (χ1) is 6.54. The van der Waals surface area contributed by atoms with Crippen LogP contribution in [0.15, 0.2) is 24.3 Å². The van der Waals surface area contributed by atoms with Gasteiger partial charge in [-0.05, 0) is 11.6 Å². The maximum atomic E-state index is 10.5. The van der Waals surface area contributed by atoms with Gasteiger partial charge in [-0.2, -0.15) is 0 Å². The zero-order valence-electron chi connectivity index (χ0n) is 7.22. The van der Waals surface area contributed by atoms with Crippen LogP contribution in [0.2, 0.25) is 5.02 Å². The molecular weight excluding hydrogens is 206 g/mol. The summed E-state index contributed by atoms with van der Waals surface area (Å²) in [6.45, 7) is 0. The summed E-state index contributed by atoms with van der Waals surface area (Å²) in [7, 11) is 0. The molecule has 1 rings (SSSR count). The fourth-order valence-corrected chi connectivity index (χ4v) is 1.33. The van der Waals surface area contributed by atoms with Gasteiger partial charge in [-0.3, -0.25) is 0 Å². The lowest BCUT2D eigenvalue weighted by Gasteiger charge is -2.16. The van der Waals surface area contributed by atoms with Crippen LogP contribution in [0.5, 0.6) is 0 Å². The van der Waals surface area contributed by atoms with Gasteiger partial charge in [-0.15, -0.1) is 0 Å². The highest BCUT2D eigenvalue weighted by molar-refractivity contribution is 6.31. The molecule has 5 heteroatoms. The van der Waals surface area contributed by atoms with Crippen LogP contribution in [0, 0.1) is 0 Å². The third-order valence-corrected chi connectivity index (χ3v) is 2.20. The molecule has 1 aromatic rings. The minimum Gasteiger partial charge on any atom is -0.479 e. The van der Waals surface area contributed by atoms with Gasteiger partial charge in [0.25, 0.3) is 0 Å². The van der Waals surface area contributed by atoms with Crippen molar-refractivity contribution < 1.29 is 15.0 Å². The molecule has 14 heavy (non-hydrogen) atoms. The minimum atomic E-state index is -1.64. The maximum absolute atomic E-state index is 10.5. The number of carboxylic acids is 1. The van der Waals surface area contributed by atoms with Gasteiger partial charge in [0, 0.05) is 5.02 Å². The molecule has 0 aliphatic heterocycles. The Balaban J connectivity index is 2.94. The highest BCUT2D eigenvalue weighted by Crippen LogP contribution is 2.23. The van der Waals surface area contributed by atoms with Crippen LogP contribution < -0.4 is 5.73 Å². The Morgan fingerprint density at radius 2 is 2.00 bits per heavy atom. The van der Waals surface area contributed by atoms with E-state index in [0.717, 1.165) is 0 Å². The van der Waals surface area contributed by atoms with Crippen molar-refractivity contribution >= 4 is 17.6 Å². The van der Waals surface area contributed by atoms with Crippen molar-refractivity contribution in [3.8, 4) is 0 Å². The number of carboxylic acid groups (broad SMARTS) is 1. The summed E-state index contributed by atoms with van der Waals surface area (Å²) in [5.41, 5.74) is 5.95. The Morgan fingerprint density at radius 1 is 1.43 bits per heavy atom. The summed E-state index contributed by atoms with van der Waals surface area (Å²) in [5, 5.41) is 18.1. The van der Waals surface area contributed by atoms with Crippen LogP contribution in [0.1, 0.15) is 11.6 Å². The smallest absolute Gasteiger partial charge is 0.334 e. The van der Waals surface area contributed by atoms with E-state index in [0.29, 0.717) is 10.6 Å². The van der Waals surface area contributed by atoms with E-state index in [4.69, 9.17) is 22.4 Å². The number of aliphatic hydroxyl groups excluding tert-OH is 1. The van der Waals surface area contributed by atoms with Crippen molar-refractivity contribution in [1.29, 1.82) is 0 Å². The van der Waals surface area contributed by atoms with Crippen LogP contribution in [-0.2, 0) is 4.79 Å². The molecule has 0 aromatic heterocycles. The summed E-state index contributed by atoms with van der Waals surface area (Å²) in [6.07, 6.45) is -1.64. The molecule has 0 aliphatic rings. The molecule has 0 amide bonds. The summed E-state index contributed by atoms with van der Waals surface area (Å²) < 4.78 is 0. The standard InChI is InChI=1S/C9H10ClNO3/c10-6-4-2-1-3-5(6)7(11)8(12)9(13)14/h1-4,7-8,12H,11H2,(H,13,14)/t7-,8+/m0/s1. The Bertz CT molecular complexity index is 343. The quantitative estimate of drug-likeness (QED) is 0.696. The first-order valence-electron chi connectivity index (χ1n) is 3.95. The van der Waals surface area contributed by atoms with Gasteiger partial charge in [-0.1, -0.05) is 29.8 Å².